The van der Waals surface area contributed by atoms with Gasteiger partial charge in [-0.3, -0.25) is 0 Å². The highest BCUT2D eigenvalue weighted by molar-refractivity contribution is 5.52. The highest BCUT2D eigenvalue weighted by atomic mass is 16.5. The van der Waals surface area contributed by atoms with Crippen LogP contribution in [0.5, 0.6) is 23.0 Å². The van der Waals surface area contributed by atoms with Crippen molar-refractivity contribution in [1.29, 1.82) is 0 Å². The Bertz CT molecular complexity index is 480. The van der Waals surface area contributed by atoms with E-state index in [4.69, 9.17) is 14.2 Å². The number of ether oxygens (including phenoxy) is 3. The Kier molecular flexibility index (Phi) is 3.50. The molecule has 0 aliphatic rings. The molecule has 0 fully saturated rings. The van der Waals surface area contributed by atoms with Gasteiger partial charge in [-0.2, -0.15) is 0 Å². The molecule has 2 rings (SSSR count). The van der Waals surface area contributed by atoms with Gasteiger partial charge in [0.25, 0.3) is 0 Å². The fourth-order valence-electron chi connectivity index (χ4n) is 1.55. The number of methoxy groups -OCH3 is 2. The minimum atomic E-state index is 0.596. The first-order valence-corrected chi connectivity index (χ1v) is 5.29. The fraction of sp³-hybridized carbons (Fsp3) is 0.143. The lowest BCUT2D eigenvalue weighted by Gasteiger charge is -2.12. The van der Waals surface area contributed by atoms with Crippen LogP contribution in [0.4, 0.5) is 0 Å². The monoisotopic (exact) mass is 230 g/mol. The molecule has 88 valence electrons. The van der Waals surface area contributed by atoms with Crippen LogP contribution in [-0.2, 0) is 0 Å². The number of para-hydroxylation sites is 2. The van der Waals surface area contributed by atoms with Gasteiger partial charge in [0.15, 0.2) is 11.5 Å². The van der Waals surface area contributed by atoms with Crippen molar-refractivity contribution in [2.45, 2.75) is 0 Å². The Balaban J connectivity index is 2.33. The van der Waals surface area contributed by atoms with Crippen molar-refractivity contribution in [3.8, 4) is 23.0 Å². The molecule has 0 N–H and O–H groups in total. The van der Waals surface area contributed by atoms with Gasteiger partial charge in [0.1, 0.15) is 5.75 Å². The summed E-state index contributed by atoms with van der Waals surface area (Å²) < 4.78 is 16.2. The van der Waals surface area contributed by atoms with Gasteiger partial charge in [-0.15, -0.1) is 0 Å². The van der Waals surface area contributed by atoms with E-state index in [1.165, 1.54) is 0 Å². The molecule has 3 heteroatoms. The summed E-state index contributed by atoms with van der Waals surface area (Å²) in [5.74, 6) is 2.65. The van der Waals surface area contributed by atoms with Crippen LogP contribution in [0, 0.1) is 0 Å². The summed E-state index contributed by atoms with van der Waals surface area (Å²) in [6.45, 7) is 0. The molecule has 0 aliphatic heterocycles. The number of hydrogen-bond acceptors (Lipinski definition) is 3. The Hall–Kier alpha value is -2.16. The smallest absolute Gasteiger partial charge is 0.203 e. The molecule has 3 nitrogen and oxygen atoms in total. The highest BCUT2D eigenvalue weighted by Crippen LogP contribution is 2.38. The molecule has 0 spiro atoms. The first kappa shape index (κ1) is 11.3. The lowest BCUT2D eigenvalue weighted by Crippen LogP contribution is -1.93. The predicted molar refractivity (Wildman–Crippen MR) is 66.1 cm³/mol. The quantitative estimate of drug-likeness (QED) is 0.804. The van der Waals surface area contributed by atoms with E-state index in [1.54, 1.807) is 14.2 Å². The molecule has 0 aromatic heterocycles. The van der Waals surface area contributed by atoms with Gasteiger partial charge in [-0.25, -0.2) is 0 Å². The van der Waals surface area contributed by atoms with Crippen LogP contribution >= 0.6 is 0 Å². The maximum Gasteiger partial charge on any atom is 0.203 e. The number of benzene rings is 2. The van der Waals surface area contributed by atoms with Crippen LogP contribution in [0.3, 0.4) is 0 Å². The zero-order chi connectivity index (χ0) is 12.1. The zero-order valence-corrected chi connectivity index (χ0v) is 9.84. The summed E-state index contributed by atoms with van der Waals surface area (Å²) in [6.07, 6.45) is 0. The molecule has 0 unspecified atom stereocenters. The third kappa shape index (κ3) is 2.50. The van der Waals surface area contributed by atoms with Crippen LogP contribution in [0.2, 0.25) is 0 Å². The number of hydrogen-bond donors (Lipinski definition) is 0. The average Bonchev–Trinajstić information content (AvgIpc) is 2.39. The van der Waals surface area contributed by atoms with E-state index < -0.39 is 0 Å². The average molecular weight is 230 g/mol. The van der Waals surface area contributed by atoms with E-state index in [0.29, 0.717) is 17.2 Å². The lowest BCUT2D eigenvalue weighted by molar-refractivity contribution is 0.336. The van der Waals surface area contributed by atoms with Crippen molar-refractivity contribution >= 4 is 0 Å². The van der Waals surface area contributed by atoms with E-state index in [1.807, 2.05) is 48.5 Å². The van der Waals surface area contributed by atoms with Crippen LogP contribution in [0.1, 0.15) is 0 Å². The standard InChI is InChI=1S/C14H14O3/c1-15-12-9-6-10-13(14(12)16-2)17-11-7-4-3-5-8-11/h3-10H,1-2H3. The van der Waals surface area contributed by atoms with Gasteiger partial charge < -0.3 is 14.2 Å². The molecule has 0 saturated carbocycles. The van der Waals surface area contributed by atoms with Crippen molar-refractivity contribution < 1.29 is 14.2 Å². The van der Waals surface area contributed by atoms with E-state index in [9.17, 15) is 0 Å². The molecule has 0 atom stereocenters. The van der Waals surface area contributed by atoms with E-state index in [-0.39, 0.29) is 0 Å². The molecular weight excluding hydrogens is 216 g/mol. The van der Waals surface area contributed by atoms with Gasteiger partial charge in [0.05, 0.1) is 14.2 Å². The summed E-state index contributed by atoms with van der Waals surface area (Å²) in [5, 5.41) is 0. The zero-order valence-electron chi connectivity index (χ0n) is 9.84. The van der Waals surface area contributed by atoms with E-state index >= 15 is 0 Å². The van der Waals surface area contributed by atoms with E-state index in [0.717, 1.165) is 5.75 Å². The van der Waals surface area contributed by atoms with Crippen LogP contribution < -0.4 is 14.2 Å². The Morgan fingerprint density at radius 3 is 2.06 bits per heavy atom. The second-order valence-corrected chi connectivity index (χ2v) is 3.41. The van der Waals surface area contributed by atoms with Gasteiger partial charge in [-0.05, 0) is 24.3 Å². The van der Waals surface area contributed by atoms with Gasteiger partial charge in [-0.1, -0.05) is 24.3 Å². The summed E-state index contributed by atoms with van der Waals surface area (Å²) >= 11 is 0. The molecule has 0 radical (unpaired) electrons. The Morgan fingerprint density at radius 1 is 0.706 bits per heavy atom. The predicted octanol–water partition coefficient (Wildman–Crippen LogP) is 3.50. The van der Waals surface area contributed by atoms with Crippen molar-refractivity contribution in [2.75, 3.05) is 14.2 Å². The molecule has 2 aromatic rings. The molecule has 2 aromatic carbocycles. The van der Waals surface area contributed by atoms with Crippen molar-refractivity contribution in [3.63, 3.8) is 0 Å². The largest absolute Gasteiger partial charge is 0.493 e. The summed E-state index contributed by atoms with van der Waals surface area (Å²) in [6, 6.07) is 15.1. The first-order chi connectivity index (χ1) is 8.35. The molecule has 0 heterocycles. The molecule has 0 bridgehead atoms. The number of rotatable bonds is 4. The van der Waals surface area contributed by atoms with Crippen molar-refractivity contribution in [2.24, 2.45) is 0 Å². The summed E-state index contributed by atoms with van der Waals surface area (Å²) in [7, 11) is 3.19. The highest BCUT2D eigenvalue weighted by Gasteiger charge is 2.10. The minimum Gasteiger partial charge on any atom is -0.493 e. The lowest BCUT2D eigenvalue weighted by atomic mass is 10.3. The Labute approximate surface area is 101 Å². The normalized spacial score (nSPS) is 9.76. The third-order valence-electron chi connectivity index (χ3n) is 2.34. The first-order valence-electron chi connectivity index (χ1n) is 5.29. The fourth-order valence-corrected chi connectivity index (χ4v) is 1.55. The maximum atomic E-state index is 5.74. The molecular formula is C14H14O3. The van der Waals surface area contributed by atoms with Crippen LogP contribution in [0.25, 0.3) is 0 Å². The SMILES string of the molecule is COc1cccc(Oc2ccccc2)c1OC. The van der Waals surface area contributed by atoms with Crippen molar-refractivity contribution in [3.05, 3.63) is 48.5 Å². The third-order valence-corrected chi connectivity index (χ3v) is 2.34. The maximum absolute atomic E-state index is 5.74. The molecule has 17 heavy (non-hydrogen) atoms. The van der Waals surface area contributed by atoms with Crippen molar-refractivity contribution in [1.82, 2.24) is 0 Å². The van der Waals surface area contributed by atoms with Gasteiger partial charge in [0.2, 0.25) is 5.75 Å². The topological polar surface area (TPSA) is 27.7 Å². The van der Waals surface area contributed by atoms with Crippen LogP contribution in [-0.4, -0.2) is 14.2 Å². The van der Waals surface area contributed by atoms with E-state index in [2.05, 4.69) is 0 Å². The molecule has 0 aliphatic carbocycles. The molecule has 0 saturated heterocycles. The van der Waals surface area contributed by atoms with Gasteiger partial charge >= 0.3 is 0 Å². The summed E-state index contributed by atoms with van der Waals surface area (Å²) in [4.78, 5) is 0. The second kappa shape index (κ2) is 5.25. The minimum absolute atomic E-state index is 0.596. The second-order valence-electron chi connectivity index (χ2n) is 3.41. The Morgan fingerprint density at radius 2 is 1.41 bits per heavy atom. The molecule has 0 amide bonds. The van der Waals surface area contributed by atoms with Gasteiger partial charge in [0, 0.05) is 0 Å². The van der Waals surface area contributed by atoms with Crippen LogP contribution in [0.15, 0.2) is 48.5 Å². The summed E-state index contributed by atoms with van der Waals surface area (Å²) in [5.41, 5.74) is 0.